The lowest BCUT2D eigenvalue weighted by Crippen LogP contribution is -2.39. The number of nitrogens with one attached hydrogen (secondary N) is 1. The molecule has 1 heterocycles. The number of benzene rings is 1. The maximum Gasteiger partial charge on any atom is 0.227 e. The molecular formula is C22H32N2O2. The highest BCUT2D eigenvalue weighted by molar-refractivity contribution is 5.92. The molecule has 142 valence electrons. The lowest BCUT2D eigenvalue weighted by atomic mass is 9.64. The minimum absolute atomic E-state index is 0.0896. The van der Waals surface area contributed by atoms with Crippen molar-refractivity contribution in [1.29, 1.82) is 0 Å². The Kier molecular flexibility index (Phi) is 4.96. The summed E-state index contributed by atoms with van der Waals surface area (Å²) >= 11 is 0. The number of hydrogen-bond donors (Lipinski definition) is 1. The molecule has 0 spiro atoms. The highest BCUT2D eigenvalue weighted by Gasteiger charge is 2.52. The van der Waals surface area contributed by atoms with Crippen molar-refractivity contribution in [2.24, 2.45) is 23.2 Å². The van der Waals surface area contributed by atoms with Crippen LogP contribution in [0.25, 0.3) is 0 Å². The van der Waals surface area contributed by atoms with E-state index < -0.39 is 0 Å². The molecule has 1 aliphatic heterocycles. The second-order valence-corrected chi connectivity index (χ2v) is 8.80. The van der Waals surface area contributed by atoms with Crippen LogP contribution >= 0.6 is 0 Å². The second kappa shape index (κ2) is 7.22. The van der Waals surface area contributed by atoms with Crippen LogP contribution < -0.4 is 10.2 Å². The van der Waals surface area contributed by atoms with Crippen molar-refractivity contribution in [2.75, 3.05) is 36.5 Å². The van der Waals surface area contributed by atoms with Crippen LogP contribution in [0.15, 0.2) is 24.3 Å². The van der Waals surface area contributed by atoms with Gasteiger partial charge in [-0.25, -0.2) is 0 Å². The van der Waals surface area contributed by atoms with Gasteiger partial charge in [0.2, 0.25) is 5.91 Å². The van der Waals surface area contributed by atoms with Gasteiger partial charge in [-0.3, -0.25) is 4.79 Å². The predicted molar refractivity (Wildman–Crippen MR) is 105 cm³/mol. The summed E-state index contributed by atoms with van der Waals surface area (Å²) in [4.78, 5) is 15.3. The quantitative estimate of drug-likeness (QED) is 0.825. The summed E-state index contributed by atoms with van der Waals surface area (Å²) in [7, 11) is 0. The van der Waals surface area contributed by atoms with Gasteiger partial charge in [-0.2, -0.15) is 0 Å². The van der Waals surface area contributed by atoms with Crippen molar-refractivity contribution < 1.29 is 9.53 Å². The number of nitrogens with zero attached hydrogens (tertiary/aromatic N) is 1. The van der Waals surface area contributed by atoms with Crippen molar-refractivity contribution >= 4 is 17.3 Å². The van der Waals surface area contributed by atoms with E-state index >= 15 is 0 Å². The standard InChI is InChI=1S/C22H32N2O2/c1-16(20(17-4-3-5-17)22(2)10-11-22)21(25)23-18-6-8-19(9-7-18)24-12-14-26-15-13-24/h6-9,16-17,20H,3-5,10-15H2,1-2H3,(H,23,25)/t16-,20?/m0/s1. The molecule has 0 aromatic heterocycles. The molecule has 4 heteroatoms. The third-order valence-corrected chi connectivity index (χ3v) is 6.96. The molecule has 1 aromatic rings. The minimum atomic E-state index is 0.0896. The van der Waals surface area contributed by atoms with Gasteiger partial charge in [0.25, 0.3) is 0 Å². The fraction of sp³-hybridized carbons (Fsp3) is 0.682. The van der Waals surface area contributed by atoms with E-state index in [-0.39, 0.29) is 11.8 Å². The molecule has 1 aromatic carbocycles. The van der Waals surface area contributed by atoms with Crippen LogP contribution in [-0.4, -0.2) is 32.2 Å². The molecule has 1 unspecified atom stereocenters. The van der Waals surface area contributed by atoms with Crippen molar-refractivity contribution in [3.8, 4) is 0 Å². The van der Waals surface area contributed by atoms with Crippen LogP contribution in [0.2, 0.25) is 0 Å². The van der Waals surface area contributed by atoms with Gasteiger partial charge >= 0.3 is 0 Å². The molecule has 4 nitrogen and oxygen atoms in total. The maximum absolute atomic E-state index is 12.9. The highest BCUT2D eigenvalue weighted by atomic mass is 16.5. The number of morpholine rings is 1. The Morgan fingerprint density at radius 2 is 1.85 bits per heavy atom. The monoisotopic (exact) mass is 356 g/mol. The predicted octanol–water partition coefficient (Wildman–Crippen LogP) is 4.31. The summed E-state index contributed by atoms with van der Waals surface area (Å²) in [5, 5.41) is 3.17. The first kappa shape index (κ1) is 17.8. The first-order valence-electron chi connectivity index (χ1n) is 10.3. The molecule has 1 N–H and O–H groups in total. The zero-order valence-electron chi connectivity index (χ0n) is 16.2. The number of anilines is 2. The van der Waals surface area contributed by atoms with Crippen LogP contribution in [-0.2, 0) is 9.53 Å². The van der Waals surface area contributed by atoms with E-state index in [1.165, 1.54) is 37.8 Å². The normalized spacial score (nSPS) is 24.5. The van der Waals surface area contributed by atoms with E-state index in [2.05, 4.69) is 36.2 Å². The molecule has 2 saturated carbocycles. The zero-order chi connectivity index (χ0) is 18.1. The van der Waals surface area contributed by atoms with Crippen LogP contribution in [0.5, 0.6) is 0 Å². The number of rotatable bonds is 6. The van der Waals surface area contributed by atoms with Crippen LogP contribution in [0.3, 0.4) is 0 Å². The Labute approximate surface area is 157 Å². The van der Waals surface area contributed by atoms with Crippen LogP contribution in [0.4, 0.5) is 11.4 Å². The van der Waals surface area contributed by atoms with E-state index in [1.807, 2.05) is 12.1 Å². The van der Waals surface area contributed by atoms with Gasteiger partial charge in [0.1, 0.15) is 0 Å². The Hall–Kier alpha value is -1.55. The molecule has 0 radical (unpaired) electrons. The van der Waals surface area contributed by atoms with Gasteiger partial charge < -0.3 is 15.0 Å². The Morgan fingerprint density at radius 1 is 1.19 bits per heavy atom. The summed E-state index contributed by atoms with van der Waals surface area (Å²) in [6, 6.07) is 8.29. The molecule has 3 fully saturated rings. The summed E-state index contributed by atoms with van der Waals surface area (Å²) in [6.07, 6.45) is 6.55. The fourth-order valence-electron chi connectivity index (χ4n) is 4.91. The lowest BCUT2D eigenvalue weighted by molar-refractivity contribution is -0.123. The summed E-state index contributed by atoms with van der Waals surface area (Å²) in [5.41, 5.74) is 2.52. The first-order chi connectivity index (χ1) is 12.6. The average Bonchev–Trinajstić information content (AvgIpc) is 3.37. The Balaban J connectivity index is 1.39. The average molecular weight is 357 g/mol. The van der Waals surface area contributed by atoms with Crippen molar-refractivity contribution in [3.63, 3.8) is 0 Å². The Morgan fingerprint density at radius 3 is 2.38 bits per heavy atom. The fourth-order valence-corrected chi connectivity index (χ4v) is 4.91. The highest BCUT2D eigenvalue weighted by Crippen LogP contribution is 2.59. The number of ether oxygens (including phenoxy) is 1. The molecular weight excluding hydrogens is 324 g/mol. The van der Waals surface area contributed by atoms with Gasteiger partial charge in [0, 0.05) is 30.4 Å². The molecule has 1 amide bonds. The first-order valence-corrected chi connectivity index (χ1v) is 10.3. The second-order valence-electron chi connectivity index (χ2n) is 8.80. The van der Waals surface area contributed by atoms with E-state index in [0.29, 0.717) is 11.3 Å². The summed E-state index contributed by atoms with van der Waals surface area (Å²) in [6.45, 7) is 7.98. The molecule has 2 aliphatic carbocycles. The van der Waals surface area contributed by atoms with Crippen LogP contribution in [0.1, 0.15) is 46.0 Å². The maximum atomic E-state index is 12.9. The summed E-state index contributed by atoms with van der Waals surface area (Å²) < 4.78 is 5.41. The van der Waals surface area contributed by atoms with E-state index in [0.717, 1.165) is 37.9 Å². The zero-order valence-corrected chi connectivity index (χ0v) is 16.2. The molecule has 26 heavy (non-hydrogen) atoms. The Bertz CT molecular complexity index is 628. The van der Waals surface area contributed by atoms with E-state index in [4.69, 9.17) is 4.74 Å². The van der Waals surface area contributed by atoms with E-state index in [1.54, 1.807) is 0 Å². The van der Waals surface area contributed by atoms with E-state index in [9.17, 15) is 4.79 Å². The van der Waals surface area contributed by atoms with Gasteiger partial charge in [-0.1, -0.05) is 33.1 Å². The van der Waals surface area contributed by atoms with Crippen molar-refractivity contribution in [2.45, 2.75) is 46.0 Å². The van der Waals surface area contributed by atoms with Crippen molar-refractivity contribution in [3.05, 3.63) is 24.3 Å². The van der Waals surface area contributed by atoms with Crippen LogP contribution in [0, 0.1) is 23.2 Å². The third kappa shape index (κ3) is 3.62. The SMILES string of the molecule is C[C@H](C(=O)Nc1ccc(N2CCOCC2)cc1)C(C1CCC1)C1(C)CC1. The third-order valence-electron chi connectivity index (χ3n) is 6.96. The number of carbonyl (C=O) groups excluding carboxylic acids is 1. The molecule has 3 aliphatic rings. The minimum Gasteiger partial charge on any atom is -0.378 e. The number of carbonyl (C=O) groups is 1. The molecule has 4 rings (SSSR count). The van der Waals surface area contributed by atoms with Gasteiger partial charge in [0.15, 0.2) is 0 Å². The smallest absolute Gasteiger partial charge is 0.227 e. The lowest BCUT2D eigenvalue weighted by Gasteiger charge is -2.41. The molecule has 0 bridgehead atoms. The summed E-state index contributed by atoms with van der Waals surface area (Å²) in [5.74, 6) is 1.58. The largest absolute Gasteiger partial charge is 0.378 e. The van der Waals surface area contributed by atoms with Gasteiger partial charge in [-0.15, -0.1) is 0 Å². The molecule has 2 atom stereocenters. The topological polar surface area (TPSA) is 41.6 Å². The van der Waals surface area contributed by atoms with Gasteiger partial charge in [0.05, 0.1) is 13.2 Å². The van der Waals surface area contributed by atoms with Gasteiger partial charge in [-0.05, 0) is 54.4 Å². The van der Waals surface area contributed by atoms with Crippen molar-refractivity contribution in [1.82, 2.24) is 0 Å². The number of hydrogen-bond acceptors (Lipinski definition) is 3. The number of amides is 1. The molecule has 1 saturated heterocycles.